The summed E-state index contributed by atoms with van der Waals surface area (Å²) in [5.41, 5.74) is 5.59. The molecule has 0 saturated carbocycles. The number of benzene rings is 3. The Labute approximate surface area is 153 Å². The number of carbonyl (C=O) groups excluding carboxylic acids is 1. The number of anilines is 1. The molecular weight excluding hydrogens is 322 g/mol. The van der Waals surface area contributed by atoms with Crippen molar-refractivity contribution < 1.29 is 9.53 Å². The Morgan fingerprint density at radius 2 is 1.42 bits per heavy atom. The van der Waals surface area contributed by atoms with Crippen LogP contribution in [0.25, 0.3) is 11.1 Å². The highest BCUT2D eigenvalue weighted by molar-refractivity contribution is 6.38. The van der Waals surface area contributed by atoms with E-state index in [0.717, 1.165) is 39.3 Å². The molecule has 0 fully saturated rings. The van der Waals surface area contributed by atoms with Gasteiger partial charge in [0.05, 0.1) is 18.4 Å². The second-order valence-electron chi connectivity index (χ2n) is 6.23. The van der Waals surface area contributed by atoms with Crippen LogP contribution < -0.4 is 9.64 Å². The molecule has 0 spiro atoms. The van der Waals surface area contributed by atoms with E-state index >= 15 is 0 Å². The molecule has 0 atom stereocenters. The van der Waals surface area contributed by atoms with Gasteiger partial charge in [-0.15, -0.1) is 0 Å². The average molecular weight is 341 g/mol. The number of hydrogen-bond donors (Lipinski definition) is 0. The molecule has 0 unspecified atom stereocenters. The molecule has 1 amide bonds. The molecule has 1 aliphatic rings. The predicted octanol–water partition coefficient (Wildman–Crippen LogP) is 4.63. The molecule has 1 aliphatic heterocycles. The minimum atomic E-state index is 0.0147. The summed E-state index contributed by atoms with van der Waals surface area (Å²) in [6.45, 7) is 0. The zero-order valence-electron chi connectivity index (χ0n) is 14.8. The maximum absolute atomic E-state index is 13.1. The molecule has 3 nitrogen and oxygen atoms in total. The molecule has 1 heterocycles. The number of nitrogens with zero attached hydrogens (tertiary/aromatic N) is 1. The number of para-hydroxylation sites is 1. The summed E-state index contributed by atoms with van der Waals surface area (Å²) in [6, 6.07) is 25.8. The molecule has 3 heteroatoms. The second kappa shape index (κ2) is 6.52. The van der Waals surface area contributed by atoms with Crippen molar-refractivity contribution in [1.29, 1.82) is 0 Å². The second-order valence-corrected chi connectivity index (χ2v) is 6.23. The summed E-state index contributed by atoms with van der Waals surface area (Å²) >= 11 is 0. The van der Waals surface area contributed by atoms with E-state index in [0.29, 0.717) is 0 Å². The Hall–Kier alpha value is -3.33. The SMILES string of the molecule is COc1ccc(/C(=C2\C(=O)N(C)c3ccccc32)c2ccccc2)cc1. The monoisotopic (exact) mass is 341 g/mol. The summed E-state index contributed by atoms with van der Waals surface area (Å²) in [5.74, 6) is 0.808. The predicted molar refractivity (Wildman–Crippen MR) is 105 cm³/mol. The van der Waals surface area contributed by atoms with E-state index in [1.54, 1.807) is 12.0 Å². The van der Waals surface area contributed by atoms with E-state index in [9.17, 15) is 4.79 Å². The first kappa shape index (κ1) is 16.2. The van der Waals surface area contributed by atoms with Crippen LogP contribution in [0.3, 0.4) is 0 Å². The number of ether oxygens (including phenoxy) is 1. The van der Waals surface area contributed by atoms with E-state index in [2.05, 4.69) is 0 Å². The summed E-state index contributed by atoms with van der Waals surface area (Å²) < 4.78 is 5.28. The van der Waals surface area contributed by atoms with Gasteiger partial charge in [-0.25, -0.2) is 0 Å². The molecule has 0 bridgehead atoms. The van der Waals surface area contributed by atoms with Gasteiger partial charge in [-0.2, -0.15) is 0 Å². The Morgan fingerprint density at radius 1 is 0.808 bits per heavy atom. The third kappa shape index (κ3) is 2.58. The largest absolute Gasteiger partial charge is 0.497 e. The van der Waals surface area contributed by atoms with E-state index in [4.69, 9.17) is 4.74 Å². The fraction of sp³-hybridized carbons (Fsp3) is 0.0870. The number of fused-ring (bicyclic) bond motifs is 1. The molecule has 3 aromatic carbocycles. The van der Waals surface area contributed by atoms with E-state index < -0.39 is 0 Å². The molecule has 4 rings (SSSR count). The van der Waals surface area contributed by atoms with Crippen molar-refractivity contribution in [3.63, 3.8) is 0 Å². The molecule has 0 N–H and O–H groups in total. The van der Waals surface area contributed by atoms with Crippen LogP contribution in [0, 0.1) is 0 Å². The van der Waals surface area contributed by atoms with Gasteiger partial charge in [0, 0.05) is 18.2 Å². The number of carbonyl (C=O) groups is 1. The Bertz CT molecular complexity index is 988. The zero-order valence-corrected chi connectivity index (χ0v) is 14.8. The minimum absolute atomic E-state index is 0.0147. The number of amides is 1. The standard InChI is InChI=1S/C23H19NO2/c1-24-20-11-7-6-10-19(20)22(23(24)25)21(16-8-4-3-5-9-16)17-12-14-18(26-2)15-13-17/h3-15H,1-2H3/b22-21-. The van der Waals surface area contributed by atoms with E-state index in [1.807, 2.05) is 85.9 Å². The van der Waals surface area contributed by atoms with Crippen molar-refractivity contribution in [3.05, 3.63) is 95.6 Å². The van der Waals surface area contributed by atoms with Gasteiger partial charge in [-0.05, 0) is 29.3 Å². The van der Waals surface area contributed by atoms with E-state index in [1.165, 1.54) is 0 Å². The molecule has 26 heavy (non-hydrogen) atoms. The van der Waals surface area contributed by atoms with Crippen molar-refractivity contribution >= 4 is 22.7 Å². The lowest BCUT2D eigenvalue weighted by Gasteiger charge is -2.13. The molecular formula is C23H19NO2. The van der Waals surface area contributed by atoms with Gasteiger partial charge in [0.15, 0.2) is 0 Å². The van der Waals surface area contributed by atoms with Gasteiger partial charge in [0.25, 0.3) is 5.91 Å². The number of methoxy groups -OCH3 is 1. The normalized spacial score (nSPS) is 15.0. The molecule has 3 aromatic rings. The quantitative estimate of drug-likeness (QED) is 0.650. The highest BCUT2D eigenvalue weighted by atomic mass is 16.5. The van der Waals surface area contributed by atoms with Gasteiger partial charge in [-0.1, -0.05) is 60.7 Å². The summed E-state index contributed by atoms with van der Waals surface area (Å²) in [7, 11) is 3.47. The van der Waals surface area contributed by atoms with Crippen molar-refractivity contribution in [2.75, 3.05) is 19.1 Å². The van der Waals surface area contributed by atoms with Crippen LogP contribution in [0.4, 0.5) is 5.69 Å². The topological polar surface area (TPSA) is 29.5 Å². The fourth-order valence-electron chi connectivity index (χ4n) is 3.43. The van der Waals surface area contributed by atoms with Crippen molar-refractivity contribution in [2.45, 2.75) is 0 Å². The fourth-order valence-corrected chi connectivity index (χ4v) is 3.43. The summed E-state index contributed by atoms with van der Waals surface area (Å²) in [5, 5.41) is 0. The first-order valence-corrected chi connectivity index (χ1v) is 8.52. The van der Waals surface area contributed by atoms with Crippen molar-refractivity contribution in [3.8, 4) is 5.75 Å². The van der Waals surface area contributed by atoms with Crippen LogP contribution in [0.2, 0.25) is 0 Å². The lowest BCUT2D eigenvalue weighted by atomic mass is 9.90. The van der Waals surface area contributed by atoms with Crippen LogP contribution in [0.15, 0.2) is 78.9 Å². The zero-order chi connectivity index (χ0) is 18.1. The van der Waals surface area contributed by atoms with Crippen molar-refractivity contribution in [2.24, 2.45) is 0 Å². The van der Waals surface area contributed by atoms with Gasteiger partial charge in [0.1, 0.15) is 5.75 Å². The van der Waals surface area contributed by atoms with Crippen LogP contribution in [0.1, 0.15) is 16.7 Å². The third-order valence-electron chi connectivity index (χ3n) is 4.74. The molecule has 0 aliphatic carbocycles. The maximum Gasteiger partial charge on any atom is 0.259 e. The van der Waals surface area contributed by atoms with E-state index in [-0.39, 0.29) is 5.91 Å². The molecule has 0 radical (unpaired) electrons. The smallest absolute Gasteiger partial charge is 0.259 e. The van der Waals surface area contributed by atoms with Crippen LogP contribution in [-0.2, 0) is 4.79 Å². The Morgan fingerprint density at radius 3 is 2.12 bits per heavy atom. The number of likely N-dealkylation sites (N-methyl/N-ethyl adjacent to an activating group) is 1. The molecule has 128 valence electrons. The van der Waals surface area contributed by atoms with Crippen LogP contribution in [-0.4, -0.2) is 20.1 Å². The summed E-state index contributed by atoms with van der Waals surface area (Å²) in [6.07, 6.45) is 0. The third-order valence-corrected chi connectivity index (χ3v) is 4.74. The first-order valence-electron chi connectivity index (χ1n) is 8.52. The van der Waals surface area contributed by atoms with Gasteiger partial charge < -0.3 is 9.64 Å². The van der Waals surface area contributed by atoms with Crippen LogP contribution in [0.5, 0.6) is 5.75 Å². The lowest BCUT2D eigenvalue weighted by molar-refractivity contribution is -0.112. The lowest BCUT2D eigenvalue weighted by Crippen LogP contribution is -2.20. The summed E-state index contributed by atoms with van der Waals surface area (Å²) in [4.78, 5) is 14.8. The number of rotatable bonds is 3. The first-order chi connectivity index (χ1) is 12.7. The minimum Gasteiger partial charge on any atom is -0.497 e. The Kier molecular flexibility index (Phi) is 4.05. The number of hydrogen-bond acceptors (Lipinski definition) is 2. The highest BCUT2D eigenvalue weighted by Gasteiger charge is 2.32. The highest BCUT2D eigenvalue weighted by Crippen LogP contribution is 2.42. The van der Waals surface area contributed by atoms with Gasteiger partial charge in [0.2, 0.25) is 0 Å². The van der Waals surface area contributed by atoms with Crippen molar-refractivity contribution in [1.82, 2.24) is 0 Å². The van der Waals surface area contributed by atoms with Gasteiger partial charge in [-0.3, -0.25) is 4.79 Å². The van der Waals surface area contributed by atoms with Crippen LogP contribution >= 0.6 is 0 Å². The van der Waals surface area contributed by atoms with Gasteiger partial charge >= 0.3 is 0 Å². The maximum atomic E-state index is 13.1. The average Bonchev–Trinajstić information content (AvgIpc) is 2.95. The Balaban J connectivity index is 2.02. The molecule has 0 aromatic heterocycles. The molecule has 0 saturated heterocycles.